The molecule has 1 rings (SSSR count). The lowest BCUT2D eigenvalue weighted by Crippen LogP contribution is -1.94. The molecule has 0 aromatic heterocycles. The van der Waals surface area contributed by atoms with E-state index in [9.17, 15) is 4.79 Å². The van der Waals surface area contributed by atoms with Crippen molar-refractivity contribution in [3.63, 3.8) is 0 Å². The Morgan fingerprint density at radius 2 is 2.08 bits per heavy atom. The summed E-state index contributed by atoms with van der Waals surface area (Å²) in [5, 5.41) is 0. The number of hydrogen-bond acceptors (Lipinski definition) is 1. The Hall–Kier alpha value is -1.37. The van der Waals surface area contributed by atoms with E-state index in [0.717, 1.165) is 11.1 Å². The lowest BCUT2D eigenvalue weighted by atomic mass is 10.1. The van der Waals surface area contributed by atoms with Crippen LogP contribution < -0.4 is 0 Å². The Bertz CT molecular complexity index is 327. The molecule has 0 unspecified atom stereocenters. The van der Waals surface area contributed by atoms with Crippen LogP contribution >= 0.6 is 0 Å². The highest BCUT2D eigenvalue weighted by Gasteiger charge is 2.24. The van der Waals surface area contributed by atoms with E-state index in [2.05, 4.69) is 6.58 Å². The Kier molecular flexibility index (Phi) is 3.02. The number of carbonyl (C=O) groups is 1. The molecule has 1 aliphatic rings. The van der Waals surface area contributed by atoms with Crippen molar-refractivity contribution in [2.24, 2.45) is 0 Å². The van der Waals surface area contributed by atoms with Gasteiger partial charge in [-0.15, -0.1) is 0 Å². The molecule has 1 aliphatic carbocycles. The second kappa shape index (κ2) is 4.04. The number of Topliss-reactive ketones (excluding diaryl/α,β-unsaturated/α-hetero) is 1. The molecule has 0 aliphatic heterocycles. The first-order valence-electron chi connectivity index (χ1n) is 4.41. The predicted octanol–water partition coefficient (Wildman–Crippen LogP) is 2.96. The van der Waals surface area contributed by atoms with Crippen LogP contribution in [0.3, 0.4) is 0 Å². The Labute approximate surface area is 79.2 Å². The van der Waals surface area contributed by atoms with Crippen molar-refractivity contribution in [3.8, 4) is 0 Å². The summed E-state index contributed by atoms with van der Waals surface area (Å²) >= 11 is 0. The van der Waals surface area contributed by atoms with Crippen LogP contribution in [-0.4, -0.2) is 5.78 Å². The van der Waals surface area contributed by atoms with Crippen LogP contribution in [-0.2, 0) is 4.79 Å². The quantitative estimate of drug-likeness (QED) is 0.558. The van der Waals surface area contributed by atoms with Crippen LogP contribution in [0.2, 0.25) is 0 Å². The Morgan fingerprint density at radius 3 is 2.62 bits per heavy atom. The molecule has 13 heavy (non-hydrogen) atoms. The number of ketones is 1. The summed E-state index contributed by atoms with van der Waals surface area (Å²) in [7, 11) is 0. The third kappa shape index (κ3) is 1.86. The van der Waals surface area contributed by atoms with Crippen molar-refractivity contribution in [2.45, 2.75) is 20.3 Å². The molecule has 0 radical (unpaired) electrons. The average molecular weight is 174 g/mol. The van der Waals surface area contributed by atoms with E-state index in [-0.39, 0.29) is 5.78 Å². The zero-order valence-corrected chi connectivity index (χ0v) is 8.13. The third-order valence-corrected chi connectivity index (χ3v) is 2.12. The van der Waals surface area contributed by atoms with Gasteiger partial charge in [0.2, 0.25) is 0 Å². The Morgan fingerprint density at radius 1 is 1.38 bits per heavy atom. The van der Waals surface area contributed by atoms with Gasteiger partial charge < -0.3 is 0 Å². The van der Waals surface area contributed by atoms with E-state index >= 15 is 0 Å². The first-order valence-corrected chi connectivity index (χ1v) is 4.41. The summed E-state index contributed by atoms with van der Waals surface area (Å²) < 4.78 is 0. The monoisotopic (exact) mass is 174 g/mol. The molecule has 0 aromatic carbocycles. The van der Waals surface area contributed by atoms with E-state index in [0.29, 0.717) is 12.0 Å². The molecular weight excluding hydrogens is 160 g/mol. The van der Waals surface area contributed by atoms with Crippen molar-refractivity contribution in [1.29, 1.82) is 0 Å². The Balaban J connectivity index is 3.06. The van der Waals surface area contributed by atoms with Gasteiger partial charge in [0, 0.05) is 12.0 Å². The lowest BCUT2D eigenvalue weighted by molar-refractivity contribution is -0.111. The minimum absolute atomic E-state index is 0.0891. The predicted molar refractivity (Wildman–Crippen MR) is 55.4 cm³/mol. The molecule has 0 N–H and O–H groups in total. The normalized spacial score (nSPS) is 24.2. The van der Waals surface area contributed by atoms with Gasteiger partial charge in [0.1, 0.15) is 0 Å². The average Bonchev–Trinajstić information content (AvgIpc) is 2.40. The fourth-order valence-electron chi connectivity index (χ4n) is 1.37. The summed E-state index contributed by atoms with van der Waals surface area (Å²) in [5.41, 5.74) is 2.59. The maximum absolute atomic E-state index is 11.5. The molecule has 1 heteroatoms. The first-order chi connectivity index (χ1) is 6.20. The van der Waals surface area contributed by atoms with Crippen molar-refractivity contribution >= 4 is 5.78 Å². The standard InChI is InChI=1S/C12H14O/c1-4-6-7-11-10(5-2)8-9(3)12(11)13/h4-7H,3,8H2,1-2H3/b6-4-,10-5-,11-7+. The smallest absolute Gasteiger partial charge is 0.189 e. The molecule has 1 saturated carbocycles. The molecule has 68 valence electrons. The van der Waals surface area contributed by atoms with Gasteiger partial charge >= 0.3 is 0 Å². The number of rotatable bonds is 1. The van der Waals surface area contributed by atoms with Gasteiger partial charge in [0.15, 0.2) is 5.78 Å². The lowest BCUT2D eigenvalue weighted by Gasteiger charge is -1.93. The summed E-state index contributed by atoms with van der Waals surface area (Å²) in [5.74, 6) is 0.0891. The fraction of sp³-hybridized carbons (Fsp3) is 0.250. The van der Waals surface area contributed by atoms with Gasteiger partial charge in [-0.3, -0.25) is 4.79 Å². The van der Waals surface area contributed by atoms with Gasteiger partial charge in [0.05, 0.1) is 0 Å². The summed E-state index contributed by atoms with van der Waals surface area (Å²) in [6.45, 7) is 7.62. The zero-order chi connectivity index (χ0) is 9.84. The molecule has 0 aromatic rings. The SMILES string of the molecule is C=C1CC(=C/C)/C(=C\C=C/C)C1=O. The van der Waals surface area contributed by atoms with Gasteiger partial charge in [-0.25, -0.2) is 0 Å². The highest BCUT2D eigenvalue weighted by Crippen LogP contribution is 2.30. The number of hydrogen-bond donors (Lipinski definition) is 0. The van der Waals surface area contributed by atoms with E-state index in [1.165, 1.54) is 0 Å². The van der Waals surface area contributed by atoms with Crippen molar-refractivity contribution in [2.75, 3.05) is 0 Å². The van der Waals surface area contributed by atoms with Crippen molar-refractivity contribution < 1.29 is 4.79 Å². The minimum atomic E-state index is 0.0891. The van der Waals surface area contributed by atoms with Gasteiger partial charge in [0.25, 0.3) is 0 Å². The minimum Gasteiger partial charge on any atom is -0.289 e. The molecule has 1 fully saturated rings. The van der Waals surface area contributed by atoms with E-state index in [1.54, 1.807) is 0 Å². The van der Waals surface area contributed by atoms with Crippen molar-refractivity contribution in [3.05, 3.63) is 47.6 Å². The van der Waals surface area contributed by atoms with Crippen LogP contribution in [0.5, 0.6) is 0 Å². The molecule has 1 nitrogen and oxygen atoms in total. The van der Waals surface area contributed by atoms with Crippen LogP contribution in [0.15, 0.2) is 47.6 Å². The van der Waals surface area contributed by atoms with Gasteiger partial charge in [-0.2, -0.15) is 0 Å². The molecule has 0 heterocycles. The van der Waals surface area contributed by atoms with E-state index in [4.69, 9.17) is 0 Å². The van der Waals surface area contributed by atoms with Crippen molar-refractivity contribution in [1.82, 2.24) is 0 Å². The molecule has 0 saturated heterocycles. The highest BCUT2D eigenvalue weighted by atomic mass is 16.1. The summed E-state index contributed by atoms with van der Waals surface area (Å²) in [4.78, 5) is 11.5. The topological polar surface area (TPSA) is 17.1 Å². The fourth-order valence-corrected chi connectivity index (χ4v) is 1.37. The van der Waals surface area contributed by atoms with Gasteiger partial charge in [-0.1, -0.05) is 30.9 Å². The molecular formula is C12H14O. The second-order valence-corrected chi connectivity index (χ2v) is 3.03. The van der Waals surface area contributed by atoms with E-state index in [1.807, 2.05) is 38.2 Å². The maximum Gasteiger partial charge on any atom is 0.189 e. The summed E-state index contributed by atoms with van der Waals surface area (Å²) in [6.07, 6.45) is 8.34. The van der Waals surface area contributed by atoms with Crippen LogP contribution in [0.25, 0.3) is 0 Å². The number of allylic oxidation sites excluding steroid dienone is 7. The molecule has 0 atom stereocenters. The zero-order valence-electron chi connectivity index (χ0n) is 8.13. The first kappa shape index (κ1) is 9.72. The summed E-state index contributed by atoms with van der Waals surface area (Å²) in [6, 6.07) is 0. The maximum atomic E-state index is 11.5. The number of carbonyl (C=O) groups excluding carboxylic acids is 1. The van der Waals surface area contributed by atoms with Gasteiger partial charge in [-0.05, 0) is 25.0 Å². The van der Waals surface area contributed by atoms with Crippen LogP contribution in [0.4, 0.5) is 0 Å². The largest absolute Gasteiger partial charge is 0.289 e. The van der Waals surface area contributed by atoms with Crippen LogP contribution in [0.1, 0.15) is 20.3 Å². The second-order valence-electron chi connectivity index (χ2n) is 3.03. The van der Waals surface area contributed by atoms with Crippen LogP contribution in [0, 0.1) is 0 Å². The molecule has 0 bridgehead atoms. The highest BCUT2D eigenvalue weighted by molar-refractivity contribution is 6.14. The van der Waals surface area contributed by atoms with E-state index < -0.39 is 0 Å². The third-order valence-electron chi connectivity index (χ3n) is 2.12. The molecule has 0 spiro atoms. The molecule has 0 amide bonds.